The molecule has 2 rings (SSSR count). The van der Waals surface area contributed by atoms with Gasteiger partial charge in [-0.2, -0.15) is 0 Å². The number of nitrogens with two attached hydrogens (primary N) is 1. The molecule has 0 aliphatic carbocycles. The molecule has 0 bridgehead atoms. The molecule has 2 aromatic rings. The summed E-state index contributed by atoms with van der Waals surface area (Å²) in [7, 11) is 2.09. The van der Waals surface area contributed by atoms with Crippen molar-refractivity contribution >= 4 is 28.8 Å². The van der Waals surface area contributed by atoms with Gasteiger partial charge in [-0.15, -0.1) is 0 Å². The Labute approximate surface area is 124 Å². The lowest BCUT2D eigenvalue weighted by Gasteiger charge is -2.19. The van der Waals surface area contributed by atoms with Crippen LogP contribution in [0.3, 0.4) is 0 Å². The van der Waals surface area contributed by atoms with Crippen LogP contribution in [0.4, 0.5) is 17.2 Å². The highest BCUT2D eigenvalue weighted by Crippen LogP contribution is 2.20. The minimum absolute atomic E-state index is 0.557. The van der Waals surface area contributed by atoms with Gasteiger partial charge in [0.25, 0.3) is 0 Å². The highest BCUT2D eigenvalue weighted by molar-refractivity contribution is 6.33. The summed E-state index contributed by atoms with van der Waals surface area (Å²) < 4.78 is 0. The van der Waals surface area contributed by atoms with Crippen molar-refractivity contribution in [3.8, 4) is 0 Å². The van der Waals surface area contributed by atoms with E-state index in [-0.39, 0.29) is 0 Å². The van der Waals surface area contributed by atoms with E-state index in [1.54, 1.807) is 12.3 Å². The minimum atomic E-state index is 0.557. The van der Waals surface area contributed by atoms with Crippen LogP contribution >= 0.6 is 11.6 Å². The number of para-hydroxylation sites is 1. The average molecular weight is 291 g/mol. The van der Waals surface area contributed by atoms with Crippen molar-refractivity contribution in [3.63, 3.8) is 0 Å². The highest BCUT2D eigenvalue weighted by atomic mass is 35.5. The maximum absolute atomic E-state index is 6.05. The quantitative estimate of drug-likeness (QED) is 0.802. The standard InChI is InChI=1S/C15H19ClN4/c1-20(13-6-3-2-4-7-13)9-5-8-18-15-14(16)10-12(17)11-19-15/h2-4,6-7,10-11H,5,8-9,17H2,1H3,(H,18,19). The Morgan fingerprint density at radius 2 is 2.05 bits per heavy atom. The van der Waals surface area contributed by atoms with Gasteiger partial charge in [0.2, 0.25) is 0 Å². The van der Waals surface area contributed by atoms with Crippen molar-refractivity contribution in [2.24, 2.45) is 0 Å². The van der Waals surface area contributed by atoms with E-state index in [0.29, 0.717) is 16.5 Å². The summed E-state index contributed by atoms with van der Waals surface area (Å²) in [5, 5.41) is 3.78. The molecule has 0 spiro atoms. The highest BCUT2D eigenvalue weighted by Gasteiger charge is 2.02. The number of hydrogen-bond donors (Lipinski definition) is 2. The Morgan fingerprint density at radius 3 is 2.75 bits per heavy atom. The van der Waals surface area contributed by atoms with E-state index in [0.717, 1.165) is 19.5 Å². The van der Waals surface area contributed by atoms with Crippen molar-refractivity contribution in [1.82, 2.24) is 4.98 Å². The van der Waals surface area contributed by atoms with Crippen LogP contribution < -0.4 is 16.0 Å². The second kappa shape index (κ2) is 7.01. The van der Waals surface area contributed by atoms with Gasteiger partial charge in [-0.05, 0) is 24.6 Å². The van der Waals surface area contributed by atoms with Gasteiger partial charge in [0.05, 0.1) is 16.9 Å². The van der Waals surface area contributed by atoms with Crippen LogP contribution in [0.1, 0.15) is 6.42 Å². The molecule has 0 aliphatic rings. The summed E-state index contributed by atoms with van der Waals surface area (Å²) in [6.45, 7) is 1.78. The first kappa shape index (κ1) is 14.5. The second-order valence-electron chi connectivity index (χ2n) is 4.64. The number of benzene rings is 1. The van der Waals surface area contributed by atoms with E-state index < -0.39 is 0 Å². The summed E-state index contributed by atoms with van der Waals surface area (Å²) in [5.41, 5.74) is 7.40. The number of nitrogens with zero attached hydrogens (tertiary/aromatic N) is 2. The Hall–Kier alpha value is -1.94. The third-order valence-corrected chi connectivity index (χ3v) is 3.31. The largest absolute Gasteiger partial charge is 0.397 e. The van der Waals surface area contributed by atoms with E-state index >= 15 is 0 Å². The zero-order valence-corrected chi connectivity index (χ0v) is 12.3. The van der Waals surface area contributed by atoms with Gasteiger partial charge in [0.1, 0.15) is 5.82 Å². The van der Waals surface area contributed by atoms with E-state index in [1.807, 2.05) is 18.2 Å². The third-order valence-electron chi connectivity index (χ3n) is 3.02. The number of anilines is 3. The molecule has 0 saturated carbocycles. The number of rotatable bonds is 6. The van der Waals surface area contributed by atoms with Crippen LogP contribution in [0.15, 0.2) is 42.6 Å². The fraction of sp³-hybridized carbons (Fsp3) is 0.267. The summed E-state index contributed by atoms with van der Waals surface area (Å²) in [4.78, 5) is 6.39. The molecule has 5 heteroatoms. The van der Waals surface area contributed by atoms with Gasteiger partial charge in [0.15, 0.2) is 0 Å². The molecule has 0 amide bonds. The lowest BCUT2D eigenvalue weighted by molar-refractivity contribution is 0.814. The molecule has 1 aromatic heterocycles. The number of nitrogens with one attached hydrogen (secondary N) is 1. The molecular formula is C15H19ClN4. The first-order valence-corrected chi connectivity index (χ1v) is 6.95. The van der Waals surface area contributed by atoms with Gasteiger partial charge in [-0.3, -0.25) is 0 Å². The lowest BCUT2D eigenvalue weighted by atomic mass is 10.3. The Balaban J connectivity index is 1.76. The van der Waals surface area contributed by atoms with Crippen LogP contribution in [0, 0.1) is 0 Å². The number of hydrogen-bond acceptors (Lipinski definition) is 4. The summed E-state index contributed by atoms with van der Waals surface area (Å²) in [5.74, 6) is 0.684. The normalized spacial score (nSPS) is 10.3. The molecule has 0 aliphatic heterocycles. The Morgan fingerprint density at radius 1 is 1.30 bits per heavy atom. The molecule has 0 saturated heterocycles. The smallest absolute Gasteiger partial charge is 0.144 e. The molecular weight excluding hydrogens is 272 g/mol. The Kier molecular flexibility index (Phi) is 5.07. The van der Waals surface area contributed by atoms with Gasteiger partial charge in [0, 0.05) is 25.8 Å². The number of pyridine rings is 1. The van der Waals surface area contributed by atoms with Gasteiger partial charge < -0.3 is 16.0 Å². The van der Waals surface area contributed by atoms with Crippen molar-refractivity contribution in [3.05, 3.63) is 47.6 Å². The van der Waals surface area contributed by atoms with Crippen LogP contribution in [0.25, 0.3) is 0 Å². The maximum Gasteiger partial charge on any atom is 0.144 e. The monoisotopic (exact) mass is 290 g/mol. The average Bonchev–Trinajstić information content (AvgIpc) is 2.46. The van der Waals surface area contributed by atoms with Crippen LogP contribution in [0.5, 0.6) is 0 Å². The zero-order valence-electron chi connectivity index (χ0n) is 11.5. The van der Waals surface area contributed by atoms with E-state index in [1.165, 1.54) is 5.69 Å². The molecule has 106 valence electrons. The van der Waals surface area contributed by atoms with Crippen LogP contribution in [0.2, 0.25) is 5.02 Å². The molecule has 4 nitrogen and oxygen atoms in total. The molecule has 3 N–H and O–H groups in total. The fourth-order valence-electron chi connectivity index (χ4n) is 1.92. The molecule has 0 unspecified atom stereocenters. The summed E-state index contributed by atoms with van der Waals surface area (Å²) in [6.07, 6.45) is 2.60. The SMILES string of the molecule is CN(CCCNc1ncc(N)cc1Cl)c1ccccc1. The van der Waals surface area contributed by atoms with Gasteiger partial charge in [-0.1, -0.05) is 29.8 Å². The topological polar surface area (TPSA) is 54.2 Å². The molecule has 1 aromatic carbocycles. The first-order valence-electron chi connectivity index (χ1n) is 6.58. The lowest BCUT2D eigenvalue weighted by Crippen LogP contribution is -2.20. The first-order chi connectivity index (χ1) is 9.66. The van der Waals surface area contributed by atoms with E-state index in [9.17, 15) is 0 Å². The van der Waals surface area contributed by atoms with Gasteiger partial charge in [-0.25, -0.2) is 4.98 Å². The second-order valence-corrected chi connectivity index (χ2v) is 5.04. The van der Waals surface area contributed by atoms with Crippen LogP contribution in [-0.4, -0.2) is 25.1 Å². The predicted octanol–water partition coefficient (Wildman–Crippen LogP) is 3.26. The fourth-order valence-corrected chi connectivity index (χ4v) is 2.16. The van der Waals surface area contributed by atoms with E-state index in [4.69, 9.17) is 17.3 Å². The summed E-state index contributed by atoms with van der Waals surface area (Å²) in [6, 6.07) is 12.0. The van der Waals surface area contributed by atoms with E-state index in [2.05, 4.69) is 34.4 Å². The number of halogens is 1. The molecule has 0 radical (unpaired) electrons. The molecule has 20 heavy (non-hydrogen) atoms. The van der Waals surface area contributed by atoms with Crippen molar-refractivity contribution in [1.29, 1.82) is 0 Å². The van der Waals surface area contributed by atoms with Crippen molar-refractivity contribution < 1.29 is 0 Å². The Bertz CT molecular complexity index is 545. The molecule has 0 atom stereocenters. The van der Waals surface area contributed by atoms with Gasteiger partial charge >= 0.3 is 0 Å². The number of nitrogen functional groups attached to an aromatic ring is 1. The zero-order chi connectivity index (χ0) is 14.4. The predicted molar refractivity (Wildman–Crippen MR) is 86.5 cm³/mol. The van der Waals surface area contributed by atoms with Crippen molar-refractivity contribution in [2.45, 2.75) is 6.42 Å². The van der Waals surface area contributed by atoms with Crippen LogP contribution in [-0.2, 0) is 0 Å². The molecule has 1 heterocycles. The molecule has 0 fully saturated rings. The number of aromatic nitrogens is 1. The minimum Gasteiger partial charge on any atom is -0.397 e. The third kappa shape index (κ3) is 4.03. The maximum atomic E-state index is 6.05. The van der Waals surface area contributed by atoms with Crippen molar-refractivity contribution in [2.75, 3.05) is 36.1 Å². The summed E-state index contributed by atoms with van der Waals surface area (Å²) >= 11 is 6.05.